The van der Waals surface area contributed by atoms with E-state index >= 15 is 0 Å². The van der Waals surface area contributed by atoms with Gasteiger partial charge < -0.3 is 19.5 Å². The summed E-state index contributed by atoms with van der Waals surface area (Å²) in [5, 5.41) is 3.78. The Balaban J connectivity index is 1.45. The van der Waals surface area contributed by atoms with E-state index in [4.69, 9.17) is 14.2 Å². The molecule has 3 unspecified atom stereocenters. The third kappa shape index (κ3) is 2.51. The summed E-state index contributed by atoms with van der Waals surface area (Å²) >= 11 is 0. The van der Waals surface area contributed by atoms with Gasteiger partial charge in [-0.25, -0.2) is 0 Å². The highest BCUT2D eigenvalue weighted by Gasteiger charge is 2.39. The maximum atomic E-state index is 6.21. The predicted molar refractivity (Wildman–Crippen MR) is 79.6 cm³/mol. The molecule has 1 saturated heterocycles. The van der Waals surface area contributed by atoms with E-state index < -0.39 is 0 Å². The summed E-state index contributed by atoms with van der Waals surface area (Å²) in [7, 11) is 0. The van der Waals surface area contributed by atoms with E-state index in [1.54, 1.807) is 0 Å². The molecule has 0 aromatic heterocycles. The van der Waals surface area contributed by atoms with Crippen molar-refractivity contribution in [3.63, 3.8) is 0 Å². The Labute approximate surface area is 125 Å². The summed E-state index contributed by atoms with van der Waals surface area (Å²) in [5.41, 5.74) is 1.38. The lowest BCUT2D eigenvalue weighted by atomic mass is 9.76. The van der Waals surface area contributed by atoms with Gasteiger partial charge in [0.2, 0.25) is 6.79 Å². The van der Waals surface area contributed by atoms with E-state index in [-0.39, 0.29) is 11.6 Å². The van der Waals surface area contributed by atoms with Crippen molar-refractivity contribution in [2.75, 3.05) is 19.9 Å². The lowest BCUT2D eigenvalue weighted by Gasteiger charge is -2.45. The molecule has 2 fully saturated rings. The zero-order chi connectivity index (χ0) is 14.3. The number of ether oxygens (including phenoxy) is 3. The molecule has 0 amide bonds. The third-order valence-corrected chi connectivity index (χ3v) is 5.08. The zero-order valence-electron chi connectivity index (χ0n) is 12.6. The Bertz CT molecular complexity index is 523. The van der Waals surface area contributed by atoms with Crippen LogP contribution in [0, 0.1) is 5.92 Å². The summed E-state index contributed by atoms with van der Waals surface area (Å²) < 4.78 is 17.0. The number of nitrogens with one attached hydrogen (secondary N) is 1. The SMILES string of the molecule is CC1CCCC2(COC(c3ccc4c(c3)OCO4)CN2)C1. The number of fused-ring (bicyclic) bond motifs is 1. The minimum Gasteiger partial charge on any atom is -0.454 e. The van der Waals surface area contributed by atoms with E-state index in [1.807, 2.05) is 6.07 Å². The van der Waals surface area contributed by atoms with Gasteiger partial charge in [0.05, 0.1) is 12.7 Å². The summed E-state index contributed by atoms with van der Waals surface area (Å²) in [6, 6.07) is 6.12. The van der Waals surface area contributed by atoms with Gasteiger partial charge in [-0.15, -0.1) is 0 Å². The van der Waals surface area contributed by atoms with Crippen molar-refractivity contribution < 1.29 is 14.2 Å². The Hall–Kier alpha value is -1.26. The highest BCUT2D eigenvalue weighted by molar-refractivity contribution is 5.45. The van der Waals surface area contributed by atoms with Crippen LogP contribution in [0.25, 0.3) is 0 Å². The number of hydrogen-bond donors (Lipinski definition) is 1. The van der Waals surface area contributed by atoms with Gasteiger partial charge >= 0.3 is 0 Å². The Morgan fingerprint density at radius 3 is 2.95 bits per heavy atom. The van der Waals surface area contributed by atoms with Crippen LogP contribution in [0.1, 0.15) is 44.3 Å². The fraction of sp³-hybridized carbons (Fsp3) is 0.647. The molecular formula is C17H23NO3. The van der Waals surface area contributed by atoms with Crippen LogP contribution in [0.2, 0.25) is 0 Å². The molecule has 0 radical (unpaired) electrons. The van der Waals surface area contributed by atoms with Crippen LogP contribution < -0.4 is 14.8 Å². The Morgan fingerprint density at radius 1 is 1.24 bits per heavy atom. The maximum absolute atomic E-state index is 6.21. The highest BCUT2D eigenvalue weighted by atomic mass is 16.7. The quantitative estimate of drug-likeness (QED) is 0.862. The van der Waals surface area contributed by atoms with Crippen LogP contribution in [0.15, 0.2) is 18.2 Å². The fourth-order valence-electron chi connectivity index (χ4n) is 3.96. The summed E-state index contributed by atoms with van der Waals surface area (Å²) in [6.45, 7) is 4.37. The lowest BCUT2D eigenvalue weighted by molar-refractivity contribution is -0.0527. The molecule has 2 aliphatic heterocycles. The van der Waals surface area contributed by atoms with Gasteiger partial charge in [-0.1, -0.05) is 25.8 Å². The normalized spacial score (nSPS) is 35.1. The molecule has 1 N–H and O–H groups in total. The van der Waals surface area contributed by atoms with Gasteiger partial charge in [-0.3, -0.25) is 0 Å². The largest absolute Gasteiger partial charge is 0.454 e. The molecular weight excluding hydrogens is 266 g/mol. The zero-order valence-corrected chi connectivity index (χ0v) is 12.6. The van der Waals surface area contributed by atoms with Crippen LogP contribution in [0.4, 0.5) is 0 Å². The van der Waals surface area contributed by atoms with Crippen molar-refractivity contribution in [2.24, 2.45) is 5.92 Å². The molecule has 1 aromatic rings. The molecule has 21 heavy (non-hydrogen) atoms. The molecule has 1 saturated carbocycles. The molecule has 114 valence electrons. The van der Waals surface area contributed by atoms with Crippen molar-refractivity contribution >= 4 is 0 Å². The van der Waals surface area contributed by atoms with Crippen LogP contribution >= 0.6 is 0 Å². The van der Waals surface area contributed by atoms with E-state index in [0.717, 1.165) is 30.6 Å². The van der Waals surface area contributed by atoms with Crippen LogP contribution in [0.3, 0.4) is 0 Å². The second-order valence-electron chi connectivity index (χ2n) is 6.78. The lowest BCUT2D eigenvalue weighted by Crippen LogP contribution is -2.56. The molecule has 4 nitrogen and oxygen atoms in total. The summed E-state index contributed by atoms with van der Waals surface area (Å²) in [6.07, 6.45) is 5.26. The molecule has 1 aromatic carbocycles. The van der Waals surface area contributed by atoms with E-state index in [1.165, 1.54) is 31.2 Å². The van der Waals surface area contributed by atoms with Gasteiger partial charge in [0.1, 0.15) is 0 Å². The van der Waals surface area contributed by atoms with Crippen LogP contribution in [-0.4, -0.2) is 25.5 Å². The van der Waals surface area contributed by atoms with Gasteiger partial charge in [0, 0.05) is 12.1 Å². The van der Waals surface area contributed by atoms with Gasteiger partial charge in [-0.2, -0.15) is 0 Å². The molecule has 3 atom stereocenters. The first kappa shape index (κ1) is 13.4. The van der Waals surface area contributed by atoms with Crippen LogP contribution in [-0.2, 0) is 4.74 Å². The minimum absolute atomic E-state index is 0.113. The first-order valence-corrected chi connectivity index (χ1v) is 8.00. The van der Waals surface area contributed by atoms with E-state index in [0.29, 0.717) is 6.79 Å². The minimum atomic E-state index is 0.113. The van der Waals surface area contributed by atoms with Crippen molar-refractivity contribution in [3.8, 4) is 11.5 Å². The van der Waals surface area contributed by atoms with Crippen molar-refractivity contribution in [2.45, 2.75) is 44.2 Å². The van der Waals surface area contributed by atoms with E-state index in [9.17, 15) is 0 Å². The first-order valence-electron chi connectivity index (χ1n) is 8.00. The second kappa shape index (κ2) is 5.18. The molecule has 1 aliphatic carbocycles. The first-order chi connectivity index (χ1) is 10.2. The summed E-state index contributed by atoms with van der Waals surface area (Å²) in [4.78, 5) is 0. The number of hydrogen-bond acceptors (Lipinski definition) is 4. The highest BCUT2D eigenvalue weighted by Crippen LogP contribution is 2.39. The molecule has 3 aliphatic rings. The molecule has 4 rings (SSSR count). The molecule has 1 spiro atoms. The van der Waals surface area contributed by atoms with Crippen molar-refractivity contribution in [1.29, 1.82) is 0 Å². The molecule has 2 heterocycles. The average molecular weight is 289 g/mol. The van der Waals surface area contributed by atoms with Crippen molar-refractivity contribution in [3.05, 3.63) is 23.8 Å². The summed E-state index contributed by atoms with van der Waals surface area (Å²) in [5.74, 6) is 2.47. The molecule has 0 bridgehead atoms. The topological polar surface area (TPSA) is 39.7 Å². The average Bonchev–Trinajstić information content (AvgIpc) is 2.95. The number of benzene rings is 1. The van der Waals surface area contributed by atoms with Crippen LogP contribution in [0.5, 0.6) is 11.5 Å². The van der Waals surface area contributed by atoms with Gasteiger partial charge in [0.25, 0.3) is 0 Å². The fourth-order valence-corrected chi connectivity index (χ4v) is 3.96. The third-order valence-electron chi connectivity index (χ3n) is 5.08. The number of morpholine rings is 1. The standard InChI is InChI=1S/C17H23NO3/c1-12-3-2-6-17(8-12)10-19-16(9-18-17)13-4-5-14-15(7-13)21-11-20-14/h4-5,7,12,16,18H,2-3,6,8-11H2,1H3. The second-order valence-corrected chi connectivity index (χ2v) is 6.78. The predicted octanol–water partition coefficient (Wildman–Crippen LogP) is 3.03. The smallest absolute Gasteiger partial charge is 0.231 e. The van der Waals surface area contributed by atoms with E-state index in [2.05, 4.69) is 24.4 Å². The van der Waals surface area contributed by atoms with Gasteiger partial charge in [-0.05, 0) is 36.5 Å². The van der Waals surface area contributed by atoms with Crippen molar-refractivity contribution in [1.82, 2.24) is 5.32 Å². The monoisotopic (exact) mass is 289 g/mol. The maximum Gasteiger partial charge on any atom is 0.231 e. The van der Waals surface area contributed by atoms with Gasteiger partial charge in [0.15, 0.2) is 11.5 Å². The molecule has 4 heteroatoms. The Kier molecular flexibility index (Phi) is 3.31. The number of rotatable bonds is 1. The Morgan fingerprint density at radius 2 is 2.14 bits per heavy atom.